The van der Waals surface area contributed by atoms with Crippen LogP contribution in [0.3, 0.4) is 0 Å². The van der Waals surface area contributed by atoms with Crippen LogP contribution in [0.25, 0.3) is 0 Å². The molecule has 0 aliphatic rings. The lowest BCUT2D eigenvalue weighted by Crippen LogP contribution is -2.21. The maximum Gasteiger partial charge on any atom is 0.0769 e. The minimum Gasteiger partial charge on any atom is -0.304 e. The molecule has 0 spiro atoms. The predicted octanol–water partition coefficient (Wildman–Crippen LogP) is 4.02. The molecule has 5 heteroatoms. The van der Waals surface area contributed by atoms with Gasteiger partial charge in [-0.3, -0.25) is 0 Å². The summed E-state index contributed by atoms with van der Waals surface area (Å²) in [7, 11) is 0. The van der Waals surface area contributed by atoms with Crippen LogP contribution >= 0.6 is 23.2 Å². The van der Waals surface area contributed by atoms with Crippen molar-refractivity contribution >= 4 is 23.2 Å². The molecule has 2 rings (SSSR count). The van der Waals surface area contributed by atoms with Crippen molar-refractivity contribution in [3.63, 3.8) is 0 Å². The second-order valence-corrected chi connectivity index (χ2v) is 5.07. The molecule has 0 saturated heterocycles. The molecule has 0 amide bonds. The van der Waals surface area contributed by atoms with Gasteiger partial charge in [0.15, 0.2) is 0 Å². The van der Waals surface area contributed by atoms with Gasteiger partial charge in [-0.25, -0.2) is 0 Å². The Morgan fingerprint density at radius 2 is 2.11 bits per heavy atom. The average molecular weight is 296 g/mol. The number of nitrogens with zero attached hydrogens (tertiary/aromatic N) is 2. The van der Waals surface area contributed by atoms with E-state index in [1.807, 2.05) is 24.3 Å². The summed E-state index contributed by atoms with van der Waals surface area (Å²) in [6, 6.07) is 9.58. The van der Waals surface area contributed by atoms with Gasteiger partial charge in [-0.2, -0.15) is 10.2 Å². The molecule has 19 heavy (non-hydrogen) atoms. The first-order valence-electron chi connectivity index (χ1n) is 6.15. The van der Waals surface area contributed by atoms with Crippen molar-refractivity contribution in [2.45, 2.75) is 25.9 Å². The van der Waals surface area contributed by atoms with E-state index in [0.29, 0.717) is 16.6 Å². The van der Waals surface area contributed by atoms with Gasteiger partial charge in [0.1, 0.15) is 0 Å². The highest BCUT2D eigenvalue weighted by molar-refractivity contribution is 6.35. The quantitative estimate of drug-likeness (QED) is 0.905. The van der Waals surface area contributed by atoms with Gasteiger partial charge in [0, 0.05) is 28.8 Å². The first kappa shape index (κ1) is 14.3. The third-order valence-electron chi connectivity index (χ3n) is 2.90. The van der Waals surface area contributed by atoms with Gasteiger partial charge in [0.25, 0.3) is 0 Å². The molecule has 0 saturated carbocycles. The van der Waals surface area contributed by atoms with E-state index in [1.54, 1.807) is 12.3 Å². The normalized spacial score (nSPS) is 12.4. The molecule has 1 unspecified atom stereocenters. The number of benzene rings is 1. The fraction of sp³-hybridized carbons (Fsp3) is 0.286. The minimum absolute atomic E-state index is 0.173. The summed E-state index contributed by atoms with van der Waals surface area (Å²) in [5.41, 5.74) is 1.96. The first-order valence-corrected chi connectivity index (χ1v) is 6.91. The minimum atomic E-state index is 0.173. The Kier molecular flexibility index (Phi) is 5.14. The maximum atomic E-state index is 6.23. The Labute approximate surface area is 123 Å². The zero-order chi connectivity index (χ0) is 13.7. The summed E-state index contributed by atoms with van der Waals surface area (Å²) in [6.45, 7) is 2.77. The van der Waals surface area contributed by atoms with Crippen molar-refractivity contribution < 1.29 is 0 Å². The zero-order valence-corrected chi connectivity index (χ0v) is 12.1. The van der Waals surface area contributed by atoms with Gasteiger partial charge >= 0.3 is 0 Å². The number of rotatable bonds is 5. The molecule has 0 radical (unpaired) electrons. The van der Waals surface area contributed by atoms with Crippen LogP contribution in [0.15, 0.2) is 36.5 Å². The lowest BCUT2D eigenvalue weighted by molar-refractivity contribution is 0.512. The number of hydrogen-bond acceptors (Lipinski definition) is 3. The van der Waals surface area contributed by atoms with Crippen molar-refractivity contribution in [3.05, 3.63) is 57.8 Å². The Morgan fingerprint density at radius 3 is 2.74 bits per heavy atom. The molecule has 0 aliphatic heterocycles. The predicted molar refractivity (Wildman–Crippen MR) is 78.4 cm³/mol. The fourth-order valence-corrected chi connectivity index (χ4v) is 2.45. The molecule has 100 valence electrons. The molecule has 1 heterocycles. The Balaban J connectivity index is 2.08. The van der Waals surface area contributed by atoms with Gasteiger partial charge in [-0.05, 0) is 36.2 Å². The highest BCUT2D eigenvalue weighted by Crippen LogP contribution is 2.28. The fourth-order valence-electron chi connectivity index (χ4n) is 1.91. The van der Waals surface area contributed by atoms with Crippen molar-refractivity contribution in [1.82, 2.24) is 15.5 Å². The van der Waals surface area contributed by atoms with Crippen molar-refractivity contribution in [1.29, 1.82) is 0 Å². The molecular formula is C14H15Cl2N3. The maximum absolute atomic E-state index is 6.23. The monoisotopic (exact) mass is 295 g/mol. The molecule has 0 fully saturated rings. The number of aromatic nitrogens is 2. The standard InChI is InChI=1S/C14H15Cl2N3/c1-2-14(12-6-5-10(15)8-13(12)16)17-9-11-4-3-7-18-19-11/h3-8,14,17H,2,9H2,1H3. The second kappa shape index (κ2) is 6.85. The van der Waals surface area contributed by atoms with Gasteiger partial charge < -0.3 is 5.32 Å². The van der Waals surface area contributed by atoms with E-state index in [-0.39, 0.29) is 6.04 Å². The molecule has 2 aromatic rings. The van der Waals surface area contributed by atoms with Crippen LogP contribution in [0.2, 0.25) is 10.0 Å². The van der Waals surface area contributed by atoms with Crippen molar-refractivity contribution in [2.24, 2.45) is 0 Å². The lowest BCUT2D eigenvalue weighted by atomic mass is 10.0. The molecule has 1 N–H and O–H groups in total. The van der Waals surface area contributed by atoms with E-state index in [4.69, 9.17) is 23.2 Å². The van der Waals surface area contributed by atoms with E-state index in [9.17, 15) is 0 Å². The van der Waals surface area contributed by atoms with Crippen LogP contribution in [0.1, 0.15) is 30.6 Å². The van der Waals surface area contributed by atoms with E-state index in [1.165, 1.54) is 0 Å². The first-order chi connectivity index (χ1) is 9.20. The highest BCUT2D eigenvalue weighted by atomic mass is 35.5. The highest BCUT2D eigenvalue weighted by Gasteiger charge is 2.12. The molecule has 1 atom stereocenters. The van der Waals surface area contributed by atoms with Crippen LogP contribution in [0, 0.1) is 0 Å². The van der Waals surface area contributed by atoms with E-state index >= 15 is 0 Å². The average Bonchev–Trinajstić information content (AvgIpc) is 2.42. The Hall–Kier alpha value is -1.16. The van der Waals surface area contributed by atoms with Crippen LogP contribution in [0.4, 0.5) is 0 Å². The summed E-state index contributed by atoms with van der Waals surface area (Å²) in [6.07, 6.45) is 2.60. The molecule has 0 bridgehead atoms. The largest absolute Gasteiger partial charge is 0.304 e. The van der Waals surface area contributed by atoms with Crippen molar-refractivity contribution in [2.75, 3.05) is 0 Å². The molecule has 1 aromatic carbocycles. The summed E-state index contributed by atoms with van der Waals surface area (Å²) in [5.74, 6) is 0. The smallest absolute Gasteiger partial charge is 0.0769 e. The van der Waals surface area contributed by atoms with Gasteiger partial charge in [0.2, 0.25) is 0 Å². The number of halogens is 2. The second-order valence-electron chi connectivity index (χ2n) is 4.22. The van der Waals surface area contributed by atoms with Crippen LogP contribution < -0.4 is 5.32 Å². The summed E-state index contributed by atoms with van der Waals surface area (Å²) < 4.78 is 0. The van der Waals surface area contributed by atoms with E-state index in [2.05, 4.69) is 22.4 Å². The molecule has 0 aliphatic carbocycles. The summed E-state index contributed by atoms with van der Waals surface area (Å²) >= 11 is 12.1. The Bertz CT molecular complexity index is 531. The molecular weight excluding hydrogens is 281 g/mol. The van der Waals surface area contributed by atoms with Crippen molar-refractivity contribution in [3.8, 4) is 0 Å². The van der Waals surface area contributed by atoms with Crippen LogP contribution in [-0.2, 0) is 6.54 Å². The third-order valence-corrected chi connectivity index (χ3v) is 3.47. The van der Waals surface area contributed by atoms with E-state index in [0.717, 1.165) is 17.7 Å². The summed E-state index contributed by atoms with van der Waals surface area (Å²) in [5, 5.41) is 12.7. The summed E-state index contributed by atoms with van der Waals surface area (Å²) in [4.78, 5) is 0. The Morgan fingerprint density at radius 1 is 1.26 bits per heavy atom. The lowest BCUT2D eigenvalue weighted by Gasteiger charge is -2.18. The topological polar surface area (TPSA) is 37.8 Å². The number of nitrogens with one attached hydrogen (secondary N) is 1. The van der Waals surface area contributed by atoms with Gasteiger partial charge in [-0.15, -0.1) is 0 Å². The zero-order valence-electron chi connectivity index (χ0n) is 10.6. The van der Waals surface area contributed by atoms with E-state index < -0.39 is 0 Å². The van der Waals surface area contributed by atoms with Crippen LogP contribution in [-0.4, -0.2) is 10.2 Å². The number of hydrogen-bond donors (Lipinski definition) is 1. The van der Waals surface area contributed by atoms with Crippen LogP contribution in [0.5, 0.6) is 0 Å². The molecule has 3 nitrogen and oxygen atoms in total. The van der Waals surface area contributed by atoms with Gasteiger partial charge in [0.05, 0.1) is 5.69 Å². The molecule has 1 aromatic heterocycles. The van der Waals surface area contributed by atoms with Gasteiger partial charge in [-0.1, -0.05) is 36.2 Å². The SMILES string of the molecule is CCC(NCc1cccnn1)c1ccc(Cl)cc1Cl. The third kappa shape index (κ3) is 3.90.